The van der Waals surface area contributed by atoms with Crippen molar-refractivity contribution in [3.63, 3.8) is 0 Å². The third-order valence-electron chi connectivity index (χ3n) is 1.30. The first-order valence-electron chi connectivity index (χ1n) is 3.99. The van der Waals surface area contributed by atoms with Gasteiger partial charge in [-0.25, -0.2) is 4.79 Å². The van der Waals surface area contributed by atoms with Crippen molar-refractivity contribution < 1.29 is 9.63 Å². The van der Waals surface area contributed by atoms with Gasteiger partial charge in [0, 0.05) is 0 Å². The summed E-state index contributed by atoms with van der Waals surface area (Å²) in [5, 5.41) is 4.15. The van der Waals surface area contributed by atoms with Gasteiger partial charge >= 0.3 is 5.97 Å². The zero-order valence-electron chi connectivity index (χ0n) is 7.53. The normalized spacial score (nSPS) is 10.5. The average Bonchev–Trinajstić information content (AvgIpc) is 2.33. The van der Waals surface area contributed by atoms with Gasteiger partial charge in [0.1, 0.15) is 0 Å². The van der Waals surface area contributed by atoms with Crippen LogP contribution in [0.5, 0.6) is 0 Å². The van der Waals surface area contributed by atoms with Gasteiger partial charge in [0.2, 0.25) is 0 Å². The van der Waals surface area contributed by atoms with Crippen molar-refractivity contribution in [3.8, 4) is 0 Å². The maximum absolute atomic E-state index is 11.1. The molecule has 0 aromatic carbocycles. The molecule has 0 radical (unpaired) electrons. The van der Waals surface area contributed by atoms with Gasteiger partial charge in [-0.2, -0.15) is 0 Å². The van der Waals surface area contributed by atoms with E-state index in [-0.39, 0.29) is 11.9 Å². The van der Waals surface area contributed by atoms with Gasteiger partial charge in [-0.05, 0) is 5.92 Å². The number of hydrogen-bond acceptors (Lipinski definition) is 3. The Kier molecular flexibility index (Phi) is 3.31. The quantitative estimate of drug-likeness (QED) is 0.747. The molecule has 5 heteroatoms. The number of carbonyl (C=O) groups excluding carboxylic acids is 1. The molecule has 0 aliphatic heterocycles. The summed E-state index contributed by atoms with van der Waals surface area (Å²) in [5.74, 6) is -0.0340. The summed E-state index contributed by atoms with van der Waals surface area (Å²) in [5.41, 5.74) is 0. The third-order valence-corrected chi connectivity index (χ3v) is 1.49. The van der Waals surface area contributed by atoms with Gasteiger partial charge in [0.05, 0.1) is 23.8 Å². The molecule has 1 heterocycles. The summed E-state index contributed by atoms with van der Waals surface area (Å²) in [6, 6.07) is 0. The first-order valence-corrected chi connectivity index (χ1v) is 4.37. The highest BCUT2D eigenvalue weighted by Gasteiger charge is 2.07. The van der Waals surface area contributed by atoms with E-state index in [1.807, 2.05) is 13.8 Å². The van der Waals surface area contributed by atoms with Crippen molar-refractivity contribution >= 4 is 17.6 Å². The molecule has 4 nitrogen and oxygen atoms in total. The second-order valence-corrected chi connectivity index (χ2v) is 3.56. The first kappa shape index (κ1) is 10.1. The molecular weight excluding hydrogens is 192 g/mol. The summed E-state index contributed by atoms with van der Waals surface area (Å²) in [4.78, 5) is 17.0. The molecule has 0 aliphatic rings. The highest BCUT2D eigenvalue weighted by Crippen LogP contribution is 2.04. The Labute approximate surface area is 81.4 Å². The lowest BCUT2D eigenvalue weighted by Gasteiger charge is -2.03. The summed E-state index contributed by atoms with van der Waals surface area (Å²) >= 11 is 5.57. The topological polar surface area (TPSA) is 44.1 Å². The fraction of sp³-hybridized carbons (Fsp3) is 0.500. The van der Waals surface area contributed by atoms with Gasteiger partial charge in [0.15, 0.2) is 0 Å². The minimum atomic E-state index is -0.310. The molecule has 1 aromatic rings. The predicted octanol–water partition coefficient (Wildman–Crippen LogP) is 1.54. The van der Waals surface area contributed by atoms with Crippen LogP contribution >= 0.6 is 11.6 Å². The van der Waals surface area contributed by atoms with Gasteiger partial charge in [-0.3, -0.25) is 0 Å². The van der Waals surface area contributed by atoms with Crippen LogP contribution in [0.3, 0.4) is 0 Å². The lowest BCUT2D eigenvalue weighted by molar-refractivity contribution is -0.146. The van der Waals surface area contributed by atoms with Crippen LogP contribution in [0.2, 0.25) is 5.02 Å². The van der Waals surface area contributed by atoms with Crippen molar-refractivity contribution in [1.82, 2.24) is 9.94 Å². The molecule has 0 bridgehead atoms. The van der Waals surface area contributed by atoms with E-state index in [0.717, 1.165) is 4.85 Å². The summed E-state index contributed by atoms with van der Waals surface area (Å²) in [7, 11) is 0. The minimum absolute atomic E-state index is 0.276. The minimum Gasteiger partial charge on any atom is -0.319 e. The molecule has 72 valence electrons. The third kappa shape index (κ3) is 3.46. The van der Waals surface area contributed by atoms with Gasteiger partial charge in [-0.1, -0.05) is 30.3 Å². The Balaban J connectivity index is 2.45. The Bertz CT molecular complexity index is 296. The fourth-order valence-corrected chi connectivity index (χ4v) is 0.936. The molecule has 0 amide bonds. The van der Waals surface area contributed by atoms with Crippen LogP contribution < -0.4 is 4.84 Å². The van der Waals surface area contributed by atoms with Gasteiger partial charge in [0.25, 0.3) is 0 Å². The van der Waals surface area contributed by atoms with E-state index < -0.39 is 0 Å². The van der Waals surface area contributed by atoms with Gasteiger partial charge in [-0.15, -0.1) is 5.10 Å². The smallest absolute Gasteiger partial charge is 0.319 e. The van der Waals surface area contributed by atoms with Crippen LogP contribution in [-0.2, 0) is 4.79 Å². The van der Waals surface area contributed by atoms with Crippen LogP contribution in [0.4, 0.5) is 0 Å². The maximum Gasteiger partial charge on any atom is 0.335 e. The molecule has 1 rings (SSSR count). The Morgan fingerprint density at radius 2 is 2.46 bits per heavy atom. The Morgan fingerprint density at radius 3 is 2.92 bits per heavy atom. The van der Waals surface area contributed by atoms with Crippen molar-refractivity contribution in [2.24, 2.45) is 5.92 Å². The highest BCUT2D eigenvalue weighted by atomic mass is 35.5. The number of rotatable bonds is 3. The molecular formula is C8H11ClN2O2. The van der Waals surface area contributed by atoms with E-state index in [4.69, 9.17) is 16.4 Å². The van der Waals surface area contributed by atoms with Crippen molar-refractivity contribution in [2.45, 2.75) is 20.3 Å². The molecule has 0 atom stereocenters. The zero-order chi connectivity index (χ0) is 9.84. The highest BCUT2D eigenvalue weighted by molar-refractivity contribution is 6.30. The fourth-order valence-electron chi connectivity index (χ4n) is 0.809. The van der Waals surface area contributed by atoms with Crippen molar-refractivity contribution in [3.05, 3.63) is 17.4 Å². The second kappa shape index (κ2) is 4.28. The van der Waals surface area contributed by atoms with E-state index in [0.29, 0.717) is 11.4 Å². The van der Waals surface area contributed by atoms with Crippen LogP contribution in [0.1, 0.15) is 20.3 Å². The second-order valence-electron chi connectivity index (χ2n) is 3.12. The predicted molar refractivity (Wildman–Crippen MR) is 48.3 cm³/mol. The summed E-state index contributed by atoms with van der Waals surface area (Å²) in [6.07, 6.45) is 3.21. The molecule has 0 fully saturated rings. The molecule has 0 aliphatic carbocycles. The van der Waals surface area contributed by atoms with Gasteiger partial charge < -0.3 is 4.84 Å². The Hall–Kier alpha value is -1.03. The van der Waals surface area contributed by atoms with E-state index >= 15 is 0 Å². The molecule has 0 saturated heterocycles. The molecule has 1 aromatic heterocycles. The number of aromatic nitrogens is 2. The number of nitrogens with zero attached hydrogens (tertiary/aromatic N) is 2. The lowest BCUT2D eigenvalue weighted by atomic mass is 10.1. The molecule has 0 N–H and O–H groups in total. The SMILES string of the molecule is CC(C)CC(=O)On1cc(Cl)cn1. The molecule has 13 heavy (non-hydrogen) atoms. The lowest BCUT2D eigenvalue weighted by Crippen LogP contribution is -2.21. The first-order chi connectivity index (χ1) is 6.08. The number of halogens is 1. The summed E-state index contributed by atoms with van der Waals surface area (Å²) < 4.78 is 0. The van der Waals surface area contributed by atoms with Crippen molar-refractivity contribution in [2.75, 3.05) is 0 Å². The molecule has 0 saturated carbocycles. The van der Waals surface area contributed by atoms with E-state index in [1.54, 1.807) is 0 Å². The van der Waals surface area contributed by atoms with E-state index in [2.05, 4.69) is 5.10 Å². The molecule has 0 spiro atoms. The van der Waals surface area contributed by atoms with Crippen LogP contribution in [0.25, 0.3) is 0 Å². The maximum atomic E-state index is 11.1. The zero-order valence-corrected chi connectivity index (χ0v) is 8.28. The Morgan fingerprint density at radius 1 is 1.77 bits per heavy atom. The van der Waals surface area contributed by atoms with E-state index in [9.17, 15) is 4.79 Å². The van der Waals surface area contributed by atoms with E-state index in [1.165, 1.54) is 12.4 Å². The monoisotopic (exact) mass is 202 g/mol. The van der Waals surface area contributed by atoms with Crippen molar-refractivity contribution in [1.29, 1.82) is 0 Å². The van der Waals surface area contributed by atoms with Crippen LogP contribution in [0.15, 0.2) is 12.4 Å². The number of hydrogen-bond donors (Lipinski definition) is 0. The molecule has 0 unspecified atom stereocenters. The average molecular weight is 203 g/mol. The van der Waals surface area contributed by atoms with Crippen LogP contribution in [-0.4, -0.2) is 15.9 Å². The number of carbonyl (C=O) groups is 1. The summed E-state index contributed by atoms with van der Waals surface area (Å²) in [6.45, 7) is 3.88. The standard InChI is InChI=1S/C8H11ClN2O2/c1-6(2)3-8(12)13-11-5-7(9)4-10-11/h4-6H,3H2,1-2H3. The van der Waals surface area contributed by atoms with Crippen LogP contribution in [0, 0.1) is 5.92 Å². The largest absolute Gasteiger partial charge is 0.335 e.